The van der Waals surface area contributed by atoms with Gasteiger partial charge in [0, 0.05) is 11.9 Å². The van der Waals surface area contributed by atoms with Gasteiger partial charge in [0.15, 0.2) is 0 Å². The van der Waals surface area contributed by atoms with Crippen LogP contribution in [0.4, 0.5) is 5.69 Å². The number of rotatable bonds is 3. The Kier molecular flexibility index (Phi) is 4.14. The van der Waals surface area contributed by atoms with E-state index in [0.717, 1.165) is 0 Å². The average molecular weight is 395 g/mol. The molecule has 1 aromatic heterocycles. The molecule has 116 valence electrons. The molecule has 0 unspecified atom stereocenters. The van der Waals surface area contributed by atoms with Gasteiger partial charge in [-0.1, -0.05) is 11.6 Å². The summed E-state index contributed by atoms with van der Waals surface area (Å²) < 4.78 is 5.19. The summed E-state index contributed by atoms with van der Waals surface area (Å²) in [4.78, 5) is 32.5. The highest BCUT2D eigenvalue weighted by Gasteiger charge is 2.32. The third kappa shape index (κ3) is 2.73. The number of allylic oxidation sites excluding steroid dienone is 2. The van der Waals surface area contributed by atoms with E-state index in [4.69, 9.17) is 16.3 Å². The molecule has 0 fully saturated rings. The average Bonchev–Trinajstić information content (AvgIpc) is 2.57. The molecular formula is C15H9BrClN3O3. The number of ketones is 2. The quantitative estimate of drug-likeness (QED) is 0.861. The molecule has 1 heterocycles. The minimum absolute atomic E-state index is 0.0789. The second-order valence-corrected chi connectivity index (χ2v) is 5.81. The Morgan fingerprint density at radius 3 is 2.74 bits per heavy atom. The Morgan fingerprint density at radius 1 is 1.26 bits per heavy atom. The SMILES string of the molecule is COc1ccc(NC2=C(Br)C(=O)c3ncncc3C2=O)cc1Cl. The van der Waals surface area contributed by atoms with Crippen LogP contribution in [-0.4, -0.2) is 28.6 Å². The Labute approximate surface area is 144 Å². The molecule has 1 aliphatic carbocycles. The lowest BCUT2D eigenvalue weighted by molar-refractivity contribution is 0.0979. The van der Waals surface area contributed by atoms with E-state index in [1.807, 2.05) is 0 Å². The van der Waals surface area contributed by atoms with Crippen molar-refractivity contribution in [2.75, 3.05) is 12.4 Å². The molecule has 1 aromatic carbocycles. The Bertz CT molecular complexity index is 867. The summed E-state index contributed by atoms with van der Waals surface area (Å²) in [6, 6.07) is 4.94. The summed E-state index contributed by atoms with van der Waals surface area (Å²) >= 11 is 9.23. The molecule has 1 N–H and O–H groups in total. The van der Waals surface area contributed by atoms with Gasteiger partial charge in [0.1, 0.15) is 23.5 Å². The van der Waals surface area contributed by atoms with Crippen LogP contribution in [0.5, 0.6) is 5.75 Å². The summed E-state index contributed by atoms with van der Waals surface area (Å²) in [5, 5.41) is 3.29. The minimum atomic E-state index is -0.385. The number of ether oxygens (including phenoxy) is 1. The Hall–Kier alpha value is -2.25. The summed E-state index contributed by atoms with van der Waals surface area (Å²) in [5.41, 5.74) is 0.890. The minimum Gasteiger partial charge on any atom is -0.495 e. The van der Waals surface area contributed by atoms with Crippen LogP contribution in [-0.2, 0) is 0 Å². The van der Waals surface area contributed by atoms with Gasteiger partial charge in [0.25, 0.3) is 0 Å². The second-order valence-electron chi connectivity index (χ2n) is 4.61. The van der Waals surface area contributed by atoms with Crippen molar-refractivity contribution in [3.63, 3.8) is 0 Å². The first-order valence-electron chi connectivity index (χ1n) is 6.42. The highest BCUT2D eigenvalue weighted by Crippen LogP contribution is 2.32. The van der Waals surface area contributed by atoms with Gasteiger partial charge in [-0.25, -0.2) is 9.97 Å². The number of aromatic nitrogens is 2. The lowest BCUT2D eigenvalue weighted by Gasteiger charge is -2.18. The third-order valence-corrected chi connectivity index (χ3v) is 4.29. The van der Waals surface area contributed by atoms with Crippen LogP contribution in [0.1, 0.15) is 20.8 Å². The molecule has 0 radical (unpaired) electrons. The van der Waals surface area contributed by atoms with Gasteiger partial charge in [-0.05, 0) is 34.1 Å². The molecule has 2 aromatic rings. The van der Waals surface area contributed by atoms with Crippen LogP contribution in [0, 0.1) is 0 Å². The zero-order valence-corrected chi connectivity index (χ0v) is 14.1. The fourth-order valence-corrected chi connectivity index (χ4v) is 2.85. The summed E-state index contributed by atoms with van der Waals surface area (Å²) in [6.07, 6.45) is 2.55. The fraction of sp³-hybridized carbons (Fsp3) is 0.0667. The lowest BCUT2D eigenvalue weighted by atomic mass is 9.98. The van der Waals surface area contributed by atoms with Crippen molar-refractivity contribution in [3.8, 4) is 5.75 Å². The van der Waals surface area contributed by atoms with Gasteiger partial charge >= 0.3 is 0 Å². The van der Waals surface area contributed by atoms with Gasteiger partial charge in [-0.3, -0.25) is 9.59 Å². The van der Waals surface area contributed by atoms with Crippen LogP contribution in [0.25, 0.3) is 0 Å². The van der Waals surface area contributed by atoms with Crippen molar-refractivity contribution >= 4 is 44.8 Å². The Morgan fingerprint density at radius 2 is 2.04 bits per heavy atom. The molecule has 0 atom stereocenters. The lowest BCUT2D eigenvalue weighted by Crippen LogP contribution is -2.25. The summed E-state index contributed by atoms with van der Waals surface area (Å²) in [6.45, 7) is 0. The van der Waals surface area contributed by atoms with E-state index in [9.17, 15) is 9.59 Å². The molecule has 6 nitrogen and oxygen atoms in total. The molecule has 0 spiro atoms. The maximum Gasteiger partial charge on any atom is 0.221 e. The molecule has 1 aliphatic rings. The maximum atomic E-state index is 12.5. The van der Waals surface area contributed by atoms with Gasteiger partial charge in [0.2, 0.25) is 11.6 Å². The summed E-state index contributed by atoms with van der Waals surface area (Å²) in [5.74, 6) is -0.252. The number of anilines is 1. The first kappa shape index (κ1) is 15.6. The number of Topliss-reactive ketones (excluding diaryl/α,β-unsaturated/α-hetero) is 2. The first-order chi connectivity index (χ1) is 11.0. The van der Waals surface area contributed by atoms with Crippen molar-refractivity contribution in [2.24, 2.45) is 0 Å². The topological polar surface area (TPSA) is 81.2 Å². The van der Waals surface area contributed by atoms with E-state index in [0.29, 0.717) is 16.5 Å². The highest BCUT2D eigenvalue weighted by atomic mass is 79.9. The molecular weight excluding hydrogens is 386 g/mol. The van der Waals surface area contributed by atoms with Crippen LogP contribution in [0.15, 0.2) is 40.9 Å². The number of halogens is 2. The largest absolute Gasteiger partial charge is 0.495 e. The van der Waals surface area contributed by atoms with E-state index < -0.39 is 0 Å². The first-order valence-corrected chi connectivity index (χ1v) is 7.59. The van der Waals surface area contributed by atoms with Crippen molar-refractivity contribution < 1.29 is 14.3 Å². The number of hydrogen-bond acceptors (Lipinski definition) is 6. The molecule has 0 aliphatic heterocycles. The van der Waals surface area contributed by atoms with Crippen molar-refractivity contribution in [3.05, 3.63) is 57.2 Å². The molecule has 8 heteroatoms. The highest BCUT2D eigenvalue weighted by molar-refractivity contribution is 9.12. The van der Waals surface area contributed by atoms with E-state index >= 15 is 0 Å². The number of nitrogens with zero attached hydrogens (tertiary/aromatic N) is 2. The monoisotopic (exact) mass is 393 g/mol. The maximum absolute atomic E-state index is 12.5. The normalized spacial score (nSPS) is 13.9. The van der Waals surface area contributed by atoms with E-state index in [1.54, 1.807) is 18.2 Å². The van der Waals surface area contributed by atoms with Crippen LogP contribution in [0.3, 0.4) is 0 Å². The third-order valence-electron chi connectivity index (χ3n) is 3.24. The van der Waals surface area contributed by atoms with Crippen LogP contribution < -0.4 is 10.1 Å². The number of carbonyl (C=O) groups is 2. The number of benzene rings is 1. The number of fused-ring (bicyclic) bond motifs is 1. The Balaban J connectivity index is 2.00. The van der Waals surface area contributed by atoms with E-state index in [2.05, 4.69) is 31.2 Å². The zero-order chi connectivity index (χ0) is 16.6. The smallest absolute Gasteiger partial charge is 0.221 e. The van der Waals surface area contributed by atoms with Crippen LogP contribution >= 0.6 is 27.5 Å². The predicted molar refractivity (Wildman–Crippen MR) is 88.3 cm³/mol. The molecule has 0 saturated carbocycles. The van der Waals surface area contributed by atoms with Gasteiger partial charge in [-0.15, -0.1) is 0 Å². The van der Waals surface area contributed by atoms with Gasteiger partial charge < -0.3 is 10.1 Å². The number of hydrogen-bond donors (Lipinski definition) is 1. The second kappa shape index (κ2) is 6.10. The predicted octanol–water partition coefficient (Wildman–Crippen LogP) is 3.24. The van der Waals surface area contributed by atoms with E-state index in [1.165, 1.54) is 19.6 Å². The van der Waals surface area contributed by atoms with Crippen molar-refractivity contribution in [2.45, 2.75) is 0 Å². The molecule has 3 rings (SSSR count). The summed E-state index contributed by atoms with van der Waals surface area (Å²) in [7, 11) is 1.51. The molecule has 0 bridgehead atoms. The number of nitrogens with one attached hydrogen (secondary N) is 1. The number of carbonyl (C=O) groups excluding carboxylic acids is 2. The van der Waals surface area contributed by atoms with E-state index in [-0.39, 0.29) is 33.0 Å². The molecule has 23 heavy (non-hydrogen) atoms. The van der Waals surface area contributed by atoms with Gasteiger partial charge in [-0.2, -0.15) is 0 Å². The standard InChI is InChI=1S/C15H9BrClN3O3/c1-23-10-3-2-7(4-9(10)17)20-13-11(16)15(22)12-8(14(13)21)5-18-6-19-12/h2-6,20H,1H3. The fourth-order valence-electron chi connectivity index (χ4n) is 2.13. The van der Waals surface area contributed by atoms with Crippen molar-refractivity contribution in [1.29, 1.82) is 0 Å². The number of methoxy groups -OCH3 is 1. The van der Waals surface area contributed by atoms with Gasteiger partial charge in [0.05, 0.1) is 22.2 Å². The zero-order valence-electron chi connectivity index (χ0n) is 11.8. The van der Waals surface area contributed by atoms with Crippen LogP contribution in [0.2, 0.25) is 5.02 Å². The molecule has 0 amide bonds. The molecule has 0 saturated heterocycles. The van der Waals surface area contributed by atoms with Crippen molar-refractivity contribution in [1.82, 2.24) is 9.97 Å².